The van der Waals surface area contributed by atoms with Crippen LogP contribution in [0.2, 0.25) is 0 Å². The molecule has 2 atom stereocenters. The van der Waals surface area contributed by atoms with Gasteiger partial charge in [-0.15, -0.1) is 6.42 Å². The van der Waals surface area contributed by atoms with E-state index in [-0.39, 0.29) is 6.04 Å². The van der Waals surface area contributed by atoms with Crippen molar-refractivity contribution in [1.29, 1.82) is 0 Å². The van der Waals surface area contributed by atoms with Crippen LogP contribution in [0.15, 0.2) is 0 Å². The summed E-state index contributed by atoms with van der Waals surface area (Å²) < 4.78 is 0. The fourth-order valence-electron chi connectivity index (χ4n) is 2.04. The van der Waals surface area contributed by atoms with Crippen molar-refractivity contribution in [3.63, 3.8) is 0 Å². The van der Waals surface area contributed by atoms with Gasteiger partial charge in [0.25, 0.3) is 0 Å². The molecule has 0 radical (unpaired) electrons. The first-order valence-electron chi connectivity index (χ1n) is 4.96. The molecule has 0 aliphatic heterocycles. The summed E-state index contributed by atoms with van der Waals surface area (Å²) in [4.78, 5) is 0. The van der Waals surface area contributed by atoms with Crippen LogP contribution in [0.4, 0.5) is 0 Å². The van der Waals surface area contributed by atoms with E-state index >= 15 is 0 Å². The lowest BCUT2D eigenvalue weighted by molar-refractivity contribution is 0.372. The van der Waals surface area contributed by atoms with Gasteiger partial charge in [-0.05, 0) is 32.6 Å². The van der Waals surface area contributed by atoms with Crippen molar-refractivity contribution in [2.75, 3.05) is 0 Å². The van der Waals surface area contributed by atoms with Gasteiger partial charge in [0, 0.05) is 6.04 Å². The number of rotatable bonds is 3. The van der Waals surface area contributed by atoms with Crippen molar-refractivity contribution in [2.45, 2.75) is 51.6 Å². The van der Waals surface area contributed by atoms with Gasteiger partial charge in [-0.2, -0.15) is 0 Å². The monoisotopic (exact) mass is 165 g/mol. The quantitative estimate of drug-likeness (QED) is 0.632. The first kappa shape index (κ1) is 9.61. The third kappa shape index (κ3) is 2.53. The highest BCUT2D eigenvalue weighted by atomic mass is 14.9. The van der Waals surface area contributed by atoms with Crippen molar-refractivity contribution < 1.29 is 0 Å². The molecule has 0 spiro atoms. The molecule has 1 heteroatoms. The van der Waals surface area contributed by atoms with Crippen LogP contribution < -0.4 is 5.32 Å². The van der Waals surface area contributed by atoms with E-state index in [1.807, 2.05) is 6.92 Å². The molecule has 0 heterocycles. The molecule has 68 valence electrons. The molecule has 1 fully saturated rings. The lowest BCUT2D eigenvalue weighted by Crippen LogP contribution is -2.37. The maximum atomic E-state index is 5.31. The molecule has 0 bridgehead atoms. The predicted octanol–water partition coefficient (Wildman–Crippen LogP) is 2.18. The van der Waals surface area contributed by atoms with E-state index < -0.39 is 0 Å². The van der Waals surface area contributed by atoms with E-state index in [9.17, 15) is 0 Å². The van der Waals surface area contributed by atoms with Crippen LogP contribution >= 0.6 is 0 Å². The van der Waals surface area contributed by atoms with Gasteiger partial charge in [0.15, 0.2) is 0 Å². The SMILES string of the molecule is C#CC(C)N[C@@H](C)C1CCCC1. The van der Waals surface area contributed by atoms with Crippen molar-refractivity contribution >= 4 is 0 Å². The van der Waals surface area contributed by atoms with Gasteiger partial charge < -0.3 is 5.32 Å². The summed E-state index contributed by atoms with van der Waals surface area (Å²) in [5, 5.41) is 3.44. The van der Waals surface area contributed by atoms with Crippen LogP contribution in [0.25, 0.3) is 0 Å². The average Bonchev–Trinajstić information content (AvgIpc) is 2.56. The van der Waals surface area contributed by atoms with Gasteiger partial charge in [-0.1, -0.05) is 18.8 Å². The molecular formula is C11H19N. The van der Waals surface area contributed by atoms with Crippen molar-refractivity contribution in [1.82, 2.24) is 5.32 Å². The Balaban J connectivity index is 2.27. The summed E-state index contributed by atoms with van der Waals surface area (Å²) in [6, 6.07) is 0.819. The fraction of sp³-hybridized carbons (Fsp3) is 0.818. The number of nitrogens with one attached hydrogen (secondary N) is 1. The van der Waals surface area contributed by atoms with E-state index in [2.05, 4.69) is 18.2 Å². The van der Waals surface area contributed by atoms with Crippen LogP contribution in [-0.2, 0) is 0 Å². The number of hydrogen-bond donors (Lipinski definition) is 1. The minimum absolute atomic E-state index is 0.223. The van der Waals surface area contributed by atoms with Crippen molar-refractivity contribution in [2.24, 2.45) is 5.92 Å². The van der Waals surface area contributed by atoms with Crippen molar-refractivity contribution in [3.8, 4) is 12.3 Å². The first-order chi connectivity index (χ1) is 5.74. The second-order valence-electron chi connectivity index (χ2n) is 3.89. The topological polar surface area (TPSA) is 12.0 Å². The Morgan fingerprint density at radius 2 is 1.92 bits per heavy atom. The van der Waals surface area contributed by atoms with Gasteiger partial charge in [-0.25, -0.2) is 0 Å². The Labute approximate surface area is 75.9 Å². The third-order valence-electron chi connectivity index (χ3n) is 2.87. The average molecular weight is 165 g/mol. The van der Waals surface area contributed by atoms with Crippen molar-refractivity contribution in [3.05, 3.63) is 0 Å². The van der Waals surface area contributed by atoms with Crippen LogP contribution in [-0.4, -0.2) is 12.1 Å². The van der Waals surface area contributed by atoms with Crippen LogP contribution in [0.5, 0.6) is 0 Å². The second kappa shape index (κ2) is 4.52. The van der Waals surface area contributed by atoms with Gasteiger partial charge in [-0.3, -0.25) is 0 Å². The smallest absolute Gasteiger partial charge is 0.0660 e. The summed E-state index contributed by atoms with van der Waals surface area (Å²) in [6.45, 7) is 4.30. The van der Waals surface area contributed by atoms with Crippen LogP contribution in [0, 0.1) is 18.3 Å². The van der Waals surface area contributed by atoms with Gasteiger partial charge in [0.2, 0.25) is 0 Å². The molecule has 1 rings (SSSR count). The van der Waals surface area contributed by atoms with Gasteiger partial charge in [0.05, 0.1) is 6.04 Å². The molecule has 1 aliphatic carbocycles. The summed E-state index contributed by atoms with van der Waals surface area (Å²) in [5.74, 6) is 3.57. The second-order valence-corrected chi connectivity index (χ2v) is 3.89. The predicted molar refractivity (Wildman–Crippen MR) is 52.9 cm³/mol. The fourth-order valence-corrected chi connectivity index (χ4v) is 2.04. The first-order valence-corrected chi connectivity index (χ1v) is 4.96. The highest BCUT2D eigenvalue weighted by molar-refractivity contribution is 4.97. The molecule has 0 amide bonds. The molecule has 0 saturated heterocycles. The molecule has 1 saturated carbocycles. The summed E-state index contributed by atoms with van der Waals surface area (Å²) in [6.07, 6.45) is 10.9. The maximum Gasteiger partial charge on any atom is 0.0660 e. The Bertz CT molecular complexity index is 162. The lowest BCUT2D eigenvalue weighted by atomic mass is 9.99. The summed E-state index contributed by atoms with van der Waals surface area (Å²) >= 11 is 0. The molecule has 1 aliphatic rings. The standard InChI is InChI=1S/C11H19N/c1-4-9(2)12-10(3)11-7-5-6-8-11/h1,9-12H,5-8H2,2-3H3/t9?,10-/m0/s1. The van der Waals surface area contributed by atoms with Gasteiger partial charge in [0.1, 0.15) is 0 Å². The highest BCUT2D eigenvalue weighted by Crippen LogP contribution is 2.27. The summed E-state index contributed by atoms with van der Waals surface area (Å²) in [5.41, 5.74) is 0. The highest BCUT2D eigenvalue weighted by Gasteiger charge is 2.21. The minimum atomic E-state index is 0.223. The summed E-state index contributed by atoms with van der Waals surface area (Å²) in [7, 11) is 0. The van der Waals surface area contributed by atoms with Gasteiger partial charge >= 0.3 is 0 Å². The zero-order valence-electron chi connectivity index (χ0n) is 8.14. The Kier molecular flexibility index (Phi) is 3.62. The van der Waals surface area contributed by atoms with Crippen LogP contribution in [0.1, 0.15) is 39.5 Å². The number of hydrogen-bond acceptors (Lipinski definition) is 1. The zero-order chi connectivity index (χ0) is 8.97. The Morgan fingerprint density at radius 3 is 2.42 bits per heavy atom. The molecule has 0 aromatic rings. The number of terminal acetylenes is 1. The van der Waals surface area contributed by atoms with E-state index in [0.29, 0.717) is 6.04 Å². The third-order valence-corrected chi connectivity index (χ3v) is 2.87. The van der Waals surface area contributed by atoms with E-state index in [1.54, 1.807) is 0 Å². The molecule has 1 N–H and O–H groups in total. The normalized spacial score (nSPS) is 23.4. The van der Waals surface area contributed by atoms with E-state index in [4.69, 9.17) is 6.42 Å². The molecule has 12 heavy (non-hydrogen) atoms. The molecule has 1 nitrogen and oxygen atoms in total. The van der Waals surface area contributed by atoms with E-state index in [1.165, 1.54) is 25.7 Å². The molecular weight excluding hydrogens is 146 g/mol. The molecule has 0 aromatic carbocycles. The zero-order valence-corrected chi connectivity index (χ0v) is 8.14. The van der Waals surface area contributed by atoms with Crippen LogP contribution in [0.3, 0.4) is 0 Å². The minimum Gasteiger partial charge on any atom is -0.301 e. The lowest BCUT2D eigenvalue weighted by Gasteiger charge is -2.22. The Hall–Kier alpha value is -0.480. The maximum absolute atomic E-state index is 5.31. The molecule has 0 aromatic heterocycles. The molecule has 1 unspecified atom stereocenters. The largest absolute Gasteiger partial charge is 0.301 e. The Morgan fingerprint density at radius 1 is 1.33 bits per heavy atom. The van der Waals surface area contributed by atoms with E-state index in [0.717, 1.165) is 5.92 Å².